The maximum atomic E-state index is 6.47. The lowest BCUT2D eigenvalue weighted by Gasteiger charge is -2.26. The Labute approximate surface area is 102 Å². The average Bonchev–Trinajstić information content (AvgIpc) is 2.33. The predicted molar refractivity (Wildman–Crippen MR) is 65.9 cm³/mol. The monoisotopic (exact) mass is 239 g/mol. The molecule has 2 nitrogen and oxygen atoms in total. The van der Waals surface area contributed by atoms with Gasteiger partial charge < -0.3 is 4.74 Å². The lowest BCUT2D eigenvalue weighted by Crippen LogP contribution is -2.25. The number of aromatic nitrogens is 1. The van der Waals surface area contributed by atoms with Gasteiger partial charge in [0, 0.05) is 36.9 Å². The van der Waals surface area contributed by atoms with Gasteiger partial charge in [-0.15, -0.1) is 11.6 Å². The number of rotatable bonds is 3. The Bertz CT molecular complexity index is 336. The molecule has 88 valence electrons. The molecule has 1 atom stereocenters. The molecule has 3 heteroatoms. The van der Waals surface area contributed by atoms with E-state index in [1.165, 1.54) is 5.56 Å². The zero-order valence-electron chi connectivity index (χ0n) is 9.66. The maximum absolute atomic E-state index is 6.47. The van der Waals surface area contributed by atoms with E-state index in [-0.39, 0.29) is 5.38 Å². The Hall–Kier alpha value is -0.600. The fourth-order valence-corrected chi connectivity index (χ4v) is 2.56. The van der Waals surface area contributed by atoms with Crippen LogP contribution in [0.15, 0.2) is 18.3 Å². The standard InChI is InChI=1S/C13H18ClNO/c1-10-3-2-6-15-13(10)9-12(14)11-4-7-16-8-5-11/h2-3,6,11-12H,4-5,7-9H2,1H3. The number of halogens is 1. The van der Waals surface area contributed by atoms with E-state index in [2.05, 4.69) is 18.0 Å². The van der Waals surface area contributed by atoms with Crippen LogP contribution in [-0.4, -0.2) is 23.6 Å². The van der Waals surface area contributed by atoms with Crippen molar-refractivity contribution in [3.63, 3.8) is 0 Å². The summed E-state index contributed by atoms with van der Waals surface area (Å²) in [6.07, 6.45) is 4.88. The Morgan fingerprint density at radius 1 is 1.50 bits per heavy atom. The predicted octanol–water partition coefficient (Wildman–Crippen LogP) is 2.97. The van der Waals surface area contributed by atoms with Crippen molar-refractivity contribution in [2.24, 2.45) is 5.92 Å². The second kappa shape index (κ2) is 5.65. The van der Waals surface area contributed by atoms with E-state index in [4.69, 9.17) is 16.3 Å². The molecule has 0 aromatic carbocycles. The Morgan fingerprint density at radius 3 is 2.94 bits per heavy atom. The Morgan fingerprint density at radius 2 is 2.25 bits per heavy atom. The highest BCUT2D eigenvalue weighted by Crippen LogP contribution is 2.25. The van der Waals surface area contributed by atoms with Crippen LogP contribution >= 0.6 is 11.6 Å². The molecular weight excluding hydrogens is 222 g/mol. The average molecular weight is 240 g/mol. The minimum absolute atomic E-state index is 0.192. The Kier molecular flexibility index (Phi) is 4.19. The van der Waals surface area contributed by atoms with Gasteiger partial charge in [-0.3, -0.25) is 4.98 Å². The zero-order valence-corrected chi connectivity index (χ0v) is 10.4. The molecule has 1 aromatic rings. The van der Waals surface area contributed by atoms with Crippen LogP contribution in [0.4, 0.5) is 0 Å². The number of alkyl halides is 1. The first kappa shape index (κ1) is 11.9. The van der Waals surface area contributed by atoms with Crippen molar-refractivity contribution >= 4 is 11.6 Å². The van der Waals surface area contributed by atoms with Crippen LogP contribution in [0.2, 0.25) is 0 Å². The fourth-order valence-electron chi connectivity index (χ4n) is 2.16. The van der Waals surface area contributed by atoms with Crippen LogP contribution in [0, 0.1) is 12.8 Å². The fraction of sp³-hybridized carbons (Fsp3) is 0.615. The molecule has 2 rings (SSSR count). The second-order valence-electron chi connectivity index (χ2n) is 4.44. The number of aryl methyl sites for hydroxylation is 1. The van der Waals surface area contributed by atoms with Crippen molar-refractivity contribution in [2.45, 2.75) is 31.6 Å². The summed E-state index contributed by atoms with van der Waals surface area (Å²) in [5.41, 5.74) is 2.37. The van der Waals surface area contributed by atoms with Crippen molar-refractivity contribution in [2.75, 3.05) is 13.2 Å². The molecule has 1 aromatic heterocycles. The highest BCUT2D eigenvalue weighted by atomic mass is 35.5. The van der Waals surface area contributed by atoms with Gasteiger partial charge in [0.15, 0.2) is 0 Å². The number of hydrogen-bond donors (Lipinski definition) is 0. The van der Waals surface area contributed by atoms with Crippen molar-refractivity contribution in [3.05, 3.63) is 29.6 Å². The minimum Gasteiger partial charge on any atom is -0.381 e. The molecule has 0 radical (unpaired) electrons. The lowest BCUT2D eigenvalue weighted by atomic mass is 9.93. The van der Waals surface area contributed by atoms with E-state index in [9.17, 15) is 0 Å². The molecule has 16 heavy (non-hydrogen) atoms. The number of ether oxygens (including phenoxy) is 1. The van der Waals surface area contributed by atoms with Gasteiger partial charge in [-0.2, -0.15) is 0 Å². The van der Waals surface area contributed by atoms with Gasteiger partial charge in [0.1, 0.15) is 0 Å². The third-order valence-electron chi connectivity index (χ3n) is 3.28. The molecule has 0 bridgehead atoms. The molecule has 0 spiro atoms. The molecule has 1 unspecified atom stereocenters. The van der Waals surface area contributed by atoms with Crippen molar-refractivity contribution in [3.8, 4) is 0 Å². The molecular formula is C13H18ClNO. The quantitative estimate of drug-likeness (QED) is 0.757. The van der Waals surface area contributed by atoms with Crippen LogP contribution in [0.3, 0.4) is 0 Å². The van der Waals surface area contributed by atoms with Crippen LogP contribution in [0.5, 0.6) is 0 Å². The normalized spacial score (nSPS) is 19.6. The first-order valence-corrected chi connectivity index (χ1v) is 6.33. The van der Waals surface area contributed by atoms with Gasteiger partial charge in [0.05, 0.1) is 0 Å². The second-order valence-corrected chi connectivity index (χ2v) is 5.00. The van der Waals surface area contributed by atoms with Gasteiger partial charge in [-0.25, -0.2) is 0 Å². The summed E-state index contributed by atoms with van der Waals surface area (Å²) >= 11 is 6.47. The SMILES string of the molecule is Cc1cccnc1CC(Cl)C1CCOCC1. The smallest absolute Gasteiger partial charge is 0.0469 e. The van der Waals surface area contributed by atoms with Gasteiger partial charge >= 0.3 is 0 Å². The summed E-state index contributed by atoms with van der Waals surface area (Å²) in [6.45, 7) is 3.81. The molecule has 1 aliphatic rings. The summed E-state index contributed by atoms with van der Waals surface area (Å²) < 4.78 is 5.35. The zero-order chi connectivity index (χ0) is 11.4. The molecule has 1 fully saturated rings. The van der Waals surface area contributed by atoms with E-state index in [0.29, 0.717) is 5.92 Å². The van der Waals surface area contributed by atoms with Crippen LogP contribution < -0.4 is 0 Å². The summed E-state index contributed by atoms with van der Waals surface area (Å²) in [4.78, 5) is 4.40. The van der Waals surface area contributed by atoms with Gasteiger partial charge in [-0.05, 0) is 37.3 Å². The molecule has 1 saturated heterocycles. The van der Waals surface area contributed by atoms with Gasteiger partial charge in [0.25, 0.3) is 0 Å². The van der Waals surface area contributed by atoms with Gasteiger partial charge in [0.2, 0.25) is 0 Å². The van der Waals surface area contributed by atoms with Crippen LogP contribution in [-0.2, 0) is 11.2 Å². The van der Waals surface area contributed by atoms with E-state index in [1.54, 1.807) is 0 Å². The van der Waals surface area contributed by atoms with Crippen molar-refractivity contribution < 1.29 is 4.74 Å². The van der Waals surface area contributed by atoms with Gasteiger partial charge in [-0.1, -0.05) is 6.07 Å². The third-order valence-corrected chi connectivity index (χ3v) is 3.79. The van der Waals surface area contributed by atoms with E-state index in [0.717, 1.165) is 38.2 Å². The number of hydrogen-bond acceptors (Lipinski definition) is 2. The number of pyridine rings is 1. The largest absolute Gasteiger partial charge is 0.381 e. The van der Waals surface area contributed by atoms with Crippen molar-refractivity contribution in [1.29, 1.82) is 0 Å². The van der Waals surface area contributed by atoms with E-state index in [1.807, 2.05) is 12.3 Å². The maximum Gasteiger partial charge on any atom is 0.0469 e. The summed E-state index contributed by atoms with van der Waals surface area (Å²) in [6, 6.07) is 4.06. The molecule has 0 saturated carbocycles. The summed E-state index contributed by atoms with van der Waals surface area (Å²) in [5, 5.41) is 0.192. The van der Waals surface area contributed by atoms with Crippen LogP contribution in [0.1, 0.15) is 24.1 Å². The first-order valence-electron chi connectivity index (χ1n) is 5.89. The highest BCUT2D eigenvalue weighted by Gasteiger charge is 2.23. The Balaban J connectivity index is 1.96. The van der Waals surface area contributed by atoms with Crippen LogP contribution in [0.25, 0.3) is 0 Å². The number of nitrogens with zero attached hydrogens (tertiary/aromatic N) is 1. The van der Waals surface area contributed by atoms with E-state index < -0.39 is 0 Å². The minimum atomic E-state index is 0.192. The summed E-state index contributed by atoms with van der Waals surface area (Å²) in [5.74, 6) is 0.580. The van der Waals surface area contributed by atoms with E-state index >= 15 is 0 Å². The first-order chi connectivity index (χ1) is 7.77. The van der Waals surface area contributed by atoms with Crippen molar-refractivity contribution in [1.82, 2.24) is 4.98 Å². The summed E-state index contributed by atoms with van der Waals surface area (Å²) in [7, 11) is 0. The molecule has 0 amide bonds. The topological polar surface area (TPSA) is 22.1 Å². The third kappa shape index (κ3) is 2.96. The highest BCUT2D eigenvalue weighted by molar-refractivity contribution is 6.20. The molecule has 1 aliphatic heterocycles. The molecule has 0 N–H and O–H groups in total. The molecule has 2 heterocycles. The molecule has 0 aliphatic carbocycles. The lowest BCUT2D eigenvalue weighted by molar-refractivity contribution is 0.0650.